The van der Waals surface area contributed by atoms with Crippen LogP contribution in [0.2, 0.25) is 0 Å². The zero-order valence-corrected chi connectivity index (χ0v) is 13.9. The summed E-state index contributed by atoms with van der Waals surface area (Å²) in [6.07, 6.45) is 2.72. The van der Waals surface area contributed by atoms with Gasteiger partial charge in [0.25, 0.3) is 0 Å². The van der Waals surface area contributed by atoms with Crippen LogP contribution in [0.4, 0.5) is 0 Å². The third-order valence-electron chi connectivity index (χ3n) is 3.46. The third-order valence-corrected chi connectivity index (χ3v) is 3.46. The van der Waals surface area contributed by atoms with Crippen LogP contribution in [0.1, 0.15) is 56.0 Å². The van der Waals surface area contributed by atoms with Crippen molar-refractivity contribution in [2.75, 3.05) is 6.61 Å². The van der Waals surface area contributed by atoms with Gasteiger partial charge in [-0.25, -0.2) is 4.79 Å². The number of hydrogen-bond donors (Lipinski definition) is 1. The van der Waals surface area contributed by atoms with Crippen molar-refractivity contribution in [3.63, 3.8) is 0 Å². The van der Waals surface area contributed by atoms with E-state index in [0.29, 0.717) is 30.3 Å². The lowest BCUT2D eigenvalue weighted by Gasteiger charge is -2.21. The Morgan fingerprint density at radius 3 is 2.52 bits per heavy atom. The molecule has 0 aromatic heterocycles. The lowest BCUT2D eigenvalue weighted by Crippen LogP contribution is -2.24. The highest BCUT2D eigenvalue weighted by Crippen LogP contribution is 2.31. The predicted molar refractivity (Wildman–Crippen MR) is 85.8 cm³/mol. The summed E-state index contributed by atoms with van der Waals surface area (Å²) in [5, 5.41) is 8.80. The van der Waals surface area contributed by atoms with Crippen molar-refractivity contribution in [1.29, 1.82) is 0 Å². The topological polar surface area (TPSA) is 72.8 Å². The molecule has 1 fully saturated rings. The molecule has 0 saturated heterocycles. The van der Waals surface area contributed by atoms with E-state index in [1.54, 1.807) is 18.2 Å². The summed E-state index contributed by atoms with van der Waals surface area (Å²) >= 11 is 0. The van der Waals surface area contributed by atoms with Gasteiger partial charge in [-0.15, -0.1) is 0 Å². The minimum atomic E-state index is -0.863. The number of carbonyl (C=O) groups is 2. The number of carboxylic acids is 1. The van der Waals surface area contributed by atoms with Crippen molar-refractivity contribution in [3.05, 3.63) is 29.3 Å². The molecule has 0 spiro atoms. The Morgan fingerprint density at radius 1 is 1.26 bits per heavy atom. The van der Waals surface area contributed by atoms with Crippen LogP contribution < -0.4 is 4.74 Å². The first-order valence-electron chi connectivity index (χ1n) is 7.95. The number of rotatable bonds is 7. The standard InChI is InChI=1S/C18H24O5/c1-18(2,3)23-17(21)14-10-12(7-9-16(19)20)6-8-15(14)22-11-13-4-5-13/h6,8,10,13H,4-5,7,9,11H2,1-3H3,(H,19,20). The lowest BCUT2D eigenvalue weighted by atomic mass is 10.0. The number of aliphatic carboxylic acids is 1. The summed E-state index contributed by atoms with van der Waals surface area (Å²) in [6.45, 7) is 6.03. The number of aryl methyl sites for hydroxylation is 1. The minimum absolute atomic E-state index is 0.0238. The zero-order valence-electron chi connectivity index (χ0n) is 13.9. The molecule has 1 aromatic carbocycles. The Balaban J connectivity index is 2.18. The van der Waals surface area contributed by atoms with E-state index in [0.717, 1.165) is 5.56 Å². The van der Waals surface area contributed by atoms with Crippen LogP contribution in [0.15, 0.2) is 18.2 Å². The summed E-state index contributed by atoms with van der Waals surface area (Å²) in [5.41, 5.74) is 0.553. The molecule has 23 heavy (non-hydrogen) atoms. The van der Waals surface area contributed by atoms with Crippen LogP contribution in [0.25, 0.3) is 0 Å². The van der Waals surface area contributed by atoms with Crippen molar-refractivity contribution in [3.8, 4) is 5.75 Å². The van der Waals surface area contributed by atoms with E-state index in [9.17, 15) is 9.59 Å². The molecule has 5 nitrogen and oxygen atoms in total. The normalized spacial score (nSPS) is 14.4. The molecule has 1 aliphatic rings. The maximum absolute atomic E-state index is 12.4. The van der Waals surface area contributed by atoms with Gasteiger partial charge < -0.3 is 14.6 Å². The fourth-order valence-electron chi connectivity index (χ4n) is 2.09. The van der Waals surface area contributed by atoms with Crippen molar-refractivity contribution in [1.82, 2.24) is 0 Å². The van der Waals surface area contributed by atoms with E-state index < -0.39 is 17.5 Å². The Morgan fingerprint density at radius 2 is 1.96 bits per heavy atom. The van der Waals surface area contributed by atoms with Gasteiger partial charge in [0, 0.05) is 6.42 Å². The smallest absolute Gasteiger partial charge is 0.342 e. The molecular weight excluding hydrogens is 296 g/mol. The molecule has 5 heteroatoms. The summed E-state index contributed by atoms with van der Waals surface area (Å²) in [5.74, 6) is -0.225. The number of hydrogen-bond acceptors (Lipinski definition) is 4. The molecule has 1 saturated carbocycles. The van der Waals surface area contributed by atoms with Gasteiger partial charge in [0.2, 0.25) is 0 Å². The first kappa shape index (κ1) is 17.3. The second-order valence-electron chi connectivity index (χ2n) is 6.98. The predicted octanol–water partition coefficient (Wildman–Crippen LogP) is 3.45. The molecule has 0 atom stereocenters. The highest BCUT2D eigenvalue weighted by Gasteiger charge is 2.25. The summed E-state index contributed by atoms with van der Waals surface area (Å²) in [7, 11) is 0. The van der Waals surface area contributed by atoms with Crippen LogP contribution in [-0.2, 0) is 16.0 Å². The van der Waals surface area contributed by atoms with E-state index in [4.69, 9.17) is 14.6 Å². The quantitative estimate of drug-likeness (QED) is 0.779. The fraction of sp³-hybridized carbons (Fsp3) is 0.556. The minimum Gasteiger partial charge on any atom is -0.492 e. The van der Waals surface area contributed by atoms with E-state index >= 15 is 0 Å². The molecule has 0 amide bonds. The number of ether oxygens (including phenoxy) is 2. The molecule has 126 valence electrons. The van der Waals surface area contributed by atoms with Crippen molar-refractivity contribution in [2.45, 2.75) is 52.1 Å². The summed E-state index contributed by atoms with van der Waals surface area (Å²) in [4.78, 5) is 23.1. The number of esters is 1. The van der Waals surface area contributed by atoms with Crippen LogP contribution in [0, 0.1) is 5.92 Å². The zero-order chi connectivity index (χ0) is 17.0. The molecule has 1 aromatic rings. The summed E-state index contributed by atoms with van der Waals surface area (Å²) < 4.78 is 11.2. The van der Waals surface area contributed by atoms with Crippen LogP contribution in [0.3, 0.4) is 0 Å². The Kier molecular flexibility index (Phi) is 5.29. The van der Waals surface area contributed by atoms with E-state index in [1.165, 1.54) is 12.8 Å². The molecule has 0 radical (unpaired) electrons. The molecular formula is C18H24O5. The second-order valence-corrected chi connectivity index (χ2v) is 6.98. The Hall–Kier alpha value is -2.04. The third kappa shape index (κ3) is 5.93. The average Bonchev–Trinajstić information content (AvgIpc) is 3.25. The SMILES string of the molecule is CC(C)(C)OC(=O)c1cc(CCC(=O)O)ccc1OCC1CC1. The average molecular weight is 320 g/mol. The summed E-state index contributed by atoms with van der Waals surface area (Å²) in [6, 6.07) is 5.22. The van der Waals surface area contributed by atoms with Gasteiger partial charge in [0.05, 0.1) is 6.61 Å². The molecule has 0 unspecified atom stereocenters. The molecule has 1 N–H and O–H groups in total. The molecule has 0 aliphatic heterocycles. The second kappa shape index (κ2) is 7.02. The highest BCUT2D eigenvalue weighted by molar-refractivity contribution is 5.93. The van der Waals surface area contributed by atoms with Gasteiger partial charge in [-0.2, -0.15) is 0 Å². The lowest BCUT2D eigenvalue weighted by molar-refractivity contribution is -0.136. The van der Waals surface area contributed by atoms with Crippen molar-refractivity contribution >= 4 is 11.9 Å². The molecule has 2 rings (SSSR count). The maximum Gasteiger partial charge on any atom is 0.342 e. The Bertz CT molecular complexity index is 582. The molecule has 0 bridgehead atoms. The fourth-order valence-corrected chi connectivity index (χ4v) is 2.09. The highest BCUT2D eigenvalue weighted by atomic mass is 16.6. The maximum atomic E-state index is 12.4. The largest absolute Gasteiger partial charge is 0.492 e. The van der Waals surface area contributed by atoms with Crippen molar-refractivity contribution in [2.24, 2.45) is 5.92 Å². The van der Waals surface area contributed by atoms with E-state index in [1.807, 2.05) is 20.8 Å². The monoisotopic (exact) mass is 320 g/mol. The van der Waals surface area contributed by atoms with Gasteiger partial charge >= 0.3 is 11.9 Å². The molecule has 0 heterocycles. The number of carbonyl (C=O) groups excluding carboxylic acids is 1. The first-order valence-corrected chi connectivity index (χ1v) is 7.95. The van der Waals surface area contributed by atoms with Gasteiger partial charge in [-0.1, -0.05) is 6.07 Å². The Labute approximate surface area is 136 Å². The van der Waals surface area contributed by atoms with Gasteiger partial charge in [0.1, 0.15) is 16.9 Å². The van der Waals surface area contributed by atoms with Crippen LogP contribution in [-0.4, -0.2) is 29.3 Å². The van der Waals surface area contributed by atoms with Gasteiger partial charge in [-0.05, 0) is 63.6 Å². The first-order chi connectivity index (χ1) is 10.7. The van der Waals surface area contributed by atoms with Crippen molar-refractivity contribution < 1.29 is 24.2 Å². The van der Waals surface area contributed by atoms with Crippen LogP contribution >= 0.6 is 0 Å². The number of carboxylic acid groups (broad SMARTS) is 1. The van der Waals surface area contributed by atoms with Gasteiger partial charge in [0.15, 0.2) is 0 Å². The number of benzene rings is 1. The van der Waals surface area contributed by atoms with Gasteiger partial charge in [-0.3, -0.25) is 4.79 Å². The van der Waals surface area contributed by atoms with E-state index in [2.05, 4.69) is 0 Å². The van der Waals surface area contributed by atoms with Crippen LogP contribution in [0.5, 0.6) is 5.75 Å². The molecule has 1 aliphatic carbocycles. The van der Waals surface area contributed by atoms with E-state index in [-0.39, 0.29) is 6.42 Å².